The fourth-order valence-electron chi connectivity index (χ4n) is 3.24. The van der Waals surface area contributed by atoms with Crippen LogP contribution in [-0.4, -0.2) is 47.4 Å². The van der Waals surface area contributed by atoms with Crippen LogP contribution in [-0.2, 0) is 9.59 Å². The first-order chi connectivity index (χ1) is 10.7. The van der Waals surface area contributed by atoms with Crippen LogP contribution < -0.4 is 10.6 Å². The van der Waals surface area contributed by atoms with E-state index in [0.29, 0.717) is 24.0 Å². The number of carbonyl (C=O) groups is 2. The molecule has 2 atom stereocenters. The van der Waals surface area contributed by atoms with Crippen LogP contribution in [0.15, 0.2) is 11.6 Å². The van der Waals surface area contributed by atoms with E-state index in [4.69, 9.17) is 0 Å². The molecule has 7 heteroatoms. The van der Waals surface area contributed by atoms with Crippen molar-refractivity contribution in [1.29, 1.82) is 0 Å². The number of nitrogens with one attached hydrogen (secondary N) is 2. The van der Waals surface area contributed by atoms with Crippen molar-refractivity contribution >= 4 is 28.3 Å². The maximum Gasteiger partial charge on any atom is 0.248 e. The molecule has 0 saturated carbocycles. The first kappa shape index (κ1) is 15.4. The minimum absolute atomic E-state index is 0.108. The van der Waals surface area contributed by atoms with Crippen molar-refractivity contribution in [1.82, 2.24) is 15.2 Å². The average molecular weight is 322 g/mol. The zero-order chi connectivity index (χ0) is 15.4. The second-order valence-corrected chi connectivity index (χ2v) is 6.86. The Kier molecular flexibility index (Phi) is 5.04. The van der Waals surface area contributed by atoms with Gasteiger partial charge in [0.2, 0.25) is 11.8 Å². The highest BCUT2D eigenvalue weighted by molar-refractivity contribution is 7.13. The van der Waals surface area contributed by atoms with Gasteiger partial charge in [0.25, 0.3) is 0 Å². The quantitative estimate of drug-likeness (QED) is 0.861. The molecule has 2 amide bonds. The summed E-state index contributed by atoms with van der Waals surface area (Å²) in [6.07, 6.45) is 5.92. The highest BCUT2D eigenvalue weighted by Gasteiger charge is 2.34. The number of amides is 2. The fourth-order valence-corrected chi connectivity index (χ4v) is 3.78. The molecule has 120 valence electrons. The van der Waals surface area contributed by atoms with Crippen LogP contribution in [0.1, 0.15) is 32.1 Å². The predicted octanol–water partition coefficient (Wildman–Crippen LogP) is 1.46. The van der Waals surface area contributed by atoms with Crippen molar-refractivity contribution in [3.63, 3.8) is 0 Å². The first-order valence-electron chi connectivity index (χ1n) is 7.94. The van der Waals surface area contributed by atoms with Gasteiger partial charge in [-0.1, -0.05) is 0 Å². The van der Waals surface area contributed by atoms with Gasteiger partial charge in [-0.2, -0.15) is 0 Å². The lowest BCUT2D eigenvalue weighted by atomic mass is 10.0. The Hall–Kier alpha value is -1.47. The van der Waals surface area contributed by atoms with Gasteiger partial charge in [-0.25, -0.2) is 4.98 Å². The second kappa shape index (κ2) is 7.19. The van der Waals surface area contributed by atoms with Crippen molar-refractivity contribution in [2.24, 2.45) is 5.92 Å². The highest BCUT2D eigenvalue weighted by atomic mass is 32.1. The smallest absolute Gasteiger partial charge is 0.248 e. The minimum Gasteiger partial charge on any atom is -0.331 e. The second-order valence-electron chi connectivity index (χ2n) is 5.97. The Morgan fingerprint density at radius 3 is 3.09 bits per heavy atom. The van der Waals surface area contributed by atoms with Crippen molar-refractivity contribution in [2.75, 3.05) is 25.0 Å². The third-order valence-electron chi connectivity index (χ3n) is 4.47. The largest absolute Gasteiger partial charge is 0.331 e. The molecule has 2 aliphatic rings. The van der Waals surface area contributed by atoms with Crippen LogP contribution in [0.4, 0.5) is 5.13 Å². The molecule has 0 radical (unpaired) electrons. The molecule has 6 nitrogen and oxygen atoms in total. The SMILES string of the molecule is O=C(Nc1nccs1)C1CCCN1C(=O)CCC1CCNC1. The summed E-state index contributed by atoms with van der Waals surface area (Å²) in [6, 6.07) is -0.335. The van der Waals surface area contributed by atoms with Crippen LogP contribution in [0.25, 0.3) is 0 Å². The molecule has 2 aliphatic heterocycles. The maximum atomic E-state index is 12.4. The molecule has 1 aromatic rings. The summed E-state index contributed by atoms with van der Waals surface area (Å²) in [4.78, 5) is 30.6. The Labute approximate surface area is 134 Å². The third kappa shape index (κ3) is 3.64. The molecule has 22 heavy (non-hydrogen) atoms. The van der Waals surface area contributed by atoms with Gasteiger partial charge >= 0.3 is 0 Å². The summed E-state index contributed by atoms with van der Waals surface area (Å²) in [5.41, 5.74) is 0. The Balaban J connectivity index is 1.52. The number of likely N-dealkylation sites (tertiary alicyclic amines) is 1. The predicted molar refractivity (Wildman–Crippen MR) is 85.7 cm³/mol. The molecule has 3 rings (SSSR count). The topological polar surface area (TPSA) is 74.3 Å². The van der Waals surface area contributed by atoms with Gasteiger partial charge in [0, 0.05) is 24.5 Å². The average Bonchev–Trinajstić information content (AvgIpc) is 3.25. The molecule has 2 fully saturated rings. The van der Waals surface area contributed by atoms with Crippen molar-refractivity contribution in [3.8, 4) is 0 Å². The van der Waals surface area contributed by atoms with Gasteiger partial charge in [0.05, 0.1) is 0 Å². The summed E-state index contributed by atoms with van der Waals surface area (Å²) in [5, 5.41) is 8.55. The molecule has 1 aromatic heterocycles. The Bertz CT molecular complexity index is 514. The molecule has 2 unspecified atom stereocenters. The summed E-state index contributed by atoms with van der Waals surface area (Å²) in [5.74, 6) is 0.612. The number of thiazole rings is 1. The number of nitrogens with zero attached hydrogens (tertiary/aromatic N) is 2. The lowest BCUT2D eigenvalue weighted by Gasteiger charge is -2.24. The Morgan fingerprint density at radius 2 is 2.36 bits per heavy atom. The molecule has 0 bridgehead atoms. The zero-order valence-electron chi connectivity index (χ0n) is 12.6. The number of aromatic nitrogens is 1. The fraction of sp³-hybridized carbons (Fsp3) is 0.667. The zero-order valence-corrected chi connectivity index (χ0v) is 13.4. The first-order valence-corrected chi connectivity index (χ1v) is 8.82. The van der Waals surface area contributed by atoms with E-state index in [0.717, 1.165) is 38.8 Å². The lowest BCUT2D eigenvalue weighted by Crippen LogP contribution is -2.43. The number of carbonyl (C=O) groups excluding carboxylic acids is 2. The normalized spacial score (nSPS) is 24.6. The van der Waals surface area contributed by atoms with E-state index < -0.39 is 0 Å². The molecular weight excluding hydrogens is 300 g/mol. The number of hydrogen-bond donors (Lipinski definition) is 2. The summed E-state index contributed by atoms with van der Waals surface area (Å²) < 4.78 is 0. The Morgan fingerprint density at radius 1 is 1.45 bits per heavy atom. The van der Waals surface area contributed by atoms with Crippen LogP contribution in [0, 0.1) is 5.92 Å². The molecule has 2 N–H and O–H groups in total. The maximum absolute atomic E-state index is 12.4. The van der Waals surface area contributed by atoms with Crippen molar-refractivity contribution < 1.29 is 9.59 Å². The van der Waals surface area contributed by atoms with E-state index in [9.17, 15) is 9.59 Å². The lowest BCUT2D eigenvalue weighted by molar-refractivity contribution is -0.136. The van der Waals surface area contributed by atoms with E-state index >= 15 is 0 Å². The van der Waals surface area contributed by atoms with Crippen molar-refractivity contribution in [2.45, 2.75) is 38.1 Å². The van der Waals surface area contributed by atoms with Gasteiger partial charge in [-0.15, -0.1) is 11.3 Å². The molecular formula is C15H22N4O2S. The van der Waals surface area contributed by atoms with Gasteiger partial charge in [-0.3, -0.25) is 9.59 Å². The van der Waals surface area contributed by atoms with Crippen LogP contribution in [0.5, 0.6) is 0 Å². The monoisotopic (exact) mass is 322 g/mol. The van der Waals surface area contributed by atoms with Crippen LogP contribution in [0.2, 0.25) is 0 Å². The number of rotatable bonds is 5. The van der Waals surface area contributed by atoms with Gasteiger partial charge in [0.15, 0.2) is 5.13 Å². The van der Waals surface area contributed by atoms with Crippen LogP contribution >= 0.6 is 11.3 Å². The summed E-state index contributed by atoms with van der Waals surface area (Å²) in [7, 11) is 0. The molecule has 2 saturated heterocycles. The standard InChI is InChI=1S/C15H22N4O2S/c20-13(4-3-11-5-6-16-10-11)19-8-1-2-12(19)14(21)18-15-17-7-9-22-15/h7,9,11-12,16H,1-6,8,10H2,(H,17,18,21). The minimum atomic E-state index is -0.335. The van der Waals surface area contributed by atoms with E-state index in [1.54, 1.807) is 11.1 Å². The third-order valence-corrected chi connectivity index (χ3v) is 5.16. The van der Waals surface area contributed by atoms with E-state index in [1.165, 1.54) is 11.3 Å². The number of hydrogen-bond acceptors (Lipinski definition) is 5. The summed E-state index contributed by atoms with van der Waals surface area (Å²) in [6.45, 7) is 2.76. The van der Waals surface area contributed by atoms with Crippen molar-refractivity contribution in [3.05, 3.63) is 11.6 Å². The van der Waals surface area contributed by atoms with E-state index in [1.807, 2.05) is 5.38 Å². The number of anilines is 1. The van der Waals surface area contributed by atoms with E-state index in [-0.39, 0.29) is 17.9 Å². The summed E-state index contributed by atoms with van der Waals surface area (Å²) >= 11 is 1.39. The van der Waals surface area contributed by atoms with E-state index in [2.05, 4.69) is 15.6 Å². The molecule has 0 aromatic carbocycles. The molecule has 3 heterocycles. The van der Waals surface area contributed by atoms with Gasteiger partial charge in [-0.05, 0) is 44.7 Å². The van der Waals surface area contributed by atoms with Gasteiger partial charge < -0.3 is 15.5 Å². The van der Waals surface area contributed by atoms with Crippen LogP contribution in [0.3, 0.4) is 0 Å². The molecule has 0 spiro atoms. The van der Waals surface area contributed by atoms with Gasteiger partial charge in [0.1, 0.15) is 6.04 Å². The highest BCUT2D eigenvalue weighted by Crippen LogP contribution is 2.23. The molecule has 0 aliphatic carbocycles.